The van der Waals surface area contributed by atoms with Gasteiger partial charge in [-0.15, -0.1) is 0 Å². The molecule has 1 aliphatic rings. The Labute approximate surface area is 145 Å². The van der Waals surface area contributed by atoms with Gasteiger partial charge in [0.25, 0.3) is 11.8 Å². The van der Waals surface area contributed by atoms with Crippen LogP contribution in [-0.4, -0.2) is 39.1 Å². The van der Waals surface area contributed by atoms with Crippen molar-refractivity contribution in [3.63, 3.8) is 0 Å². The Balaban J connectivity index is 1.66. The molecular weight excluding hydrogens is 324 g/mol. The molecule has 126 valence electrons. The van der Waals surface area contributed by atoms with E-state index in [-0.39, 0.29) is 17.9 Å². The van der Waals surface area contributed by atoms with Crippen molar-refractivity contribution in [2.45, 2.75) is 18.9 Å². The maximum absolute atomic E-state index is 12.3. The molecule has 1 fully saturated rings. The Kier molecular flexibility index (Phi) is 5.20. The standard InChI is InChI=1S/C17H20N4O2S/c1-21-15(19-16(22)12-5-3-2-4-6-12)11-14(20-21)17(23)18-13-7-9-24-10-8-13/h2-6,11,13H,7-10H2,1H3,(H,18,23)(H,19,22). The minimum absolute atomic E-state index is 0.192. The predicted octanol–water partition coefficient (Wildman–Crippen LogP) is 2.30. The number of hydrogen-bond donors (Lipinski definition) is 2. The monoisotopic (exact) mass is 344 g/mol. The van der Waals surface area contributed by atoms with Crippen molar-refractivity contribution in [2.24, 2.45) is 7.05 Å². The van der Waals surface area contributed by atoms with Crippen LogP contribution >= 0.6 is 11.8 Å². The summed E-state index contributed by atoms with van der Waals surface area (Å²) in [6.45, 7) is 0. The number of aryl methyl sites for hydroxylation is 1. The van der Waals surface area contributed by atoms with Gasteiger partial charge in [-0.1, -0.05) is 18.2 Å². The number of carbonyl (C=O) groups is 2. The van der Waals surface area contributed by atoms with Crippen LogP contribution in [0.25, 0.3) is 0 Å². The van der Waals surface area contributed by atoms with E-state index in [0.717, 1.165) is 24.3 Å². The number of nitrogens with zero attached hydrogens (tertiary/aromatic N) is 2. The molecule has 0 unspecified atom stereocenters. The number of aromatic nitrogens is 2. The highest BCUT2D eigenvalue weighted by Gasteiger charge is 2.20. The van der Waals surface area contributed by atoms with Gasteiger partial charge in [0.15, 0.2) is 5.69 Å². The van der Waals surface area contributed by atoms with Crippen LogP contribution in [-0.2, 0) is 7.05 Å². The summed E-state index contributed by atoms with van der Waals surface area (Å²) in [5.41, 5.74) is 0.878. The van der Waals surface area contributed by atoms with Crippen LogP contribution in [0, 0.1) is 0 Å². The van der Waals surface area contributed by atoms with E-state index in [4.69, 9.17) is 0 Å². The zero-order valence-electron chi connectivity index (χ0n) is 13.5. The van der Waals surface area contributed by atoms with Crippen molar-refractivity contribution >= 4 is 29.4 Å². The smallest absolute Gasteiger partial charge is 0.272 e. The molecule has 6 nitrogen and oxygen atoms in total. The third-order valence-corrected chi connectivity index (χ3v) is 5.00. The lowest BCUT2D eigenvalue weighted by Crippen LogP contribution is -2.37. The van der Waals surface area contributed by atoms with E-state index in [1.807, 2.05) is 17.8 Å². The molecule has 0 aliphatic carbocycles. The first kappa shape index (κ1) is 16.6. The van der Waals surface area contributed by atoms with Gasteiger partial charge in [0.1, 0.15) is 5.82 Å². The Morgan fingerprint density at radius 2 is 1.88 bits per heavy atom. The number of amides is 2. The molecule has 1 aromatic carbocycles. The van der Waals surface area contributed by atoms with Crippen molar-refractivity contribution in [2.75, 3.05) is 16.8 Å². The molecule has 0 saturated carbocycles. The first-order chi connectivity index (χ1) is 11.6. The summed E-state index contributed by atoms with van der Waals surface area (Å²) in [5, 5.41) is 10.0. The molecular formula is C17H20N4O2S. The fraction of sp³-hybridized carbons (Fsp3) is 0.353. The molecule has 24 heavy (non-hydrogen) atoms. The van der Waals surface area contributed by atoms with Crippen molar-refractivity contribution in [3.8, 4) is 0 Å². The number of thioether (sulfide) groups is 1. The van der Waals surface area contributed by atoms with Gasteiger partial charge < -0.3 is 10.6 Å². The number of carbonyl (C=O) groups excluding carboxylic acids is 2. The van der Waals surface area contributed by atoms with Crippen LogP contribution in [0.4, 0.5) is 5.82 Å². The topological polar surface area (TPSA) is 76.0 Å². The van der Waals surface area contributed by atoms with Gasteiger partial charge in [-0.05, 0) is 36.5 Å². The van der Waals surface area contributed by atoms with Gasteiger partial charge in [-0.3, -0.25) is 14.3 Å². The largest absolute Gasteiger partial charge is 0.348 e. The molecule has 0 bridgehead atoms. The molecule has 0 spiro atoms. The fourth-order valence-electron chi connectivity index (χ4n) is 2.57. The van der Waals surface area contributed by atoms with Crippen molar-refractivity contribution in [1.29, 1.82) is 0 Å². The normalized spacial score (nSPS) is 15.0. The summed E-state index contributed by atoms with van der Waals surface area (Å²) < 4.78 is 1.51. The summed E-state index contributed by atoms with van der Waals surface area (Å²) in [6.07, 6.45) is 1.97. The minimum atomic E-state index is -0.227. The SMILES string of the molecule is Cn1nc(C(=O)NC2CCSCC2)cc1NC(=O)c1ccccc1. The van der Waals surface area contributed by atoms with Crippen LogP contribution in [0.3, 0.4) is 0 Å². The number of nitrogens with one attached hydrogen (secondary N) is 2. The highest BCUT2D eigenvalue weighted by atomic mass is 32.2. The van der Waals surface area contributed by atoms with Gasteiger partial charge in [-0.2, -0.15) is 16.9 Å². The van der Waals surface area contributed by atoms with Crippen LogP contribution in [0.2, 0.25) is 0 Å². The second kappa shape index (κ2) is 7.53. The average molecular weight is 344 g/mol. The summed E-state index contributed by atoms with van der Waals surface area (Å²) >= 11 is 1.91. The van der Waals surface area contributed by atoms with E-state index in [0.29, 0.717) is 17.1 Å². The third-order valence-electron chi connectivity index (χ3n) is 3.95. The van der Waals surface area contributed by atoms with E-state index in [1.165, 1.54) is 4.68 Å². The molecule has 7 heteroatoms. The molecule has 1 saturated heterocycles. The maximum atomic E-state index is 12.3. The van der Waals surface area contributed by atoms with Crippen LogP contribution < -0.4 is 10.6 Å². The molecule has 0 atom stereocenters. The van der Waals surface area contributed by atoms with Gasteiger partial charge >= 0.3 is 0 Å². The molecule has 0 radical (unpaired) electrons. The van der Waals surface area contributed by atoms with Gasteiger partial charge in [0.2, 0.25) is 0 Å². The number of benzene rings is 1. The lowest BCUT2D eigenvalue weighted by Gasteiger charge is -2.21. The molecule has 3 rings (SSSR count). The highest BCUT2D eigenvalue weighted by molar-refractivity contribution is 7.99. The second-order valence-corrected chi connectivity index (χ2v) is 6.94. The first-order valence-electron chi connectivity index (χ1n) is 7.92. The molecule has 1 aliphatic heterocycles. The van der Waals surface area contributed by atoms with E-state index in [2.05, 4.69) is 15.7 Å². The molecule has 2 N–H and O–H groups in total. The third kappa shape index (κ3) is 3.97. The molecule has 2 amide bonds. The molecule has 1 aromatic heterocycles. The van der Waals surface area contributed by atoms with Crippen molar-refractivity contribution < 1.29 is 9.59 Å². The zero-order valence-corrected chi connectivity index (χ0v) is 14.3. The van der Waals surface area contributed by atoms with Gasteiger partial charge in [0, 0.05) is 24.7 Å². The van der Waals surface area contributed by atoms with E-state index >= 15 is 0 Å². The van der Waals surface area contributed by atoms with Gasteiger partial charge in [-0.25, -0.2) is 0 Å². The predicted molar refractivity (Wildman–Crippen MR) is 95.4 cm³/mol. The van der Waals surface area contributed by atoms with Gasteiger partial charge in [0.05, 0.1) is 0 Å². The Morgan fingerprint density at radius 3 is 2.58 bits per heavy atom. The average Bonchev–Trinajstić information content (AvgIpc) is 2.97. The van der Waals surface area contributed by atoms with Crippen molar-refractivity contribution in [1.82, 2.24) is 15.1 Å². The van der Waals surface area contributed by atoms with E-state index in [1.54, 1.807) is 37.4 Å². The Hall–Kier alpha value is -2.28. The summed E-state index contributed by atoms with van der Waals surface area (Å²) in [6, 6.07) is 10.8. The maximum Gasteiger partial charge on any atom is 0.272 e. The van der Waals surface area contributed by atoms with Crippen LogP contribution in [0.15, 0.2) is 36.4 Å². The molecule has 2 aromatic rings. The summed E-state index contributed by atoms with van der Waals surface area (Å²) in [7, 11) is 1.70. The highest BCUT2D eigenvalue weighted by Crippen LogP contribution is 2.18. The second-order valence-electron chi connectivity index (χ2n) is 5.72. The van der Waals surface area contributed by atoms with Crippen LogP contribution in [0.1, 0.15) is 33.7 Å². The lowest BCUT2D eigenvalue weighted by atomic mass is 10.1. The fourth-order valence-corrected chi connectivity index (χ4v) is 3.68. The Bertz CT molecular complexity index is 723. The first-order valence-corrected chi connectivity index (χ1v) is 9.08. The number of rotatable bonds is 4. The summed E-state index contributed by atoms with van der Waals surface area (Å²) in [4.78, 5) is 24.5. The minimum Gasteiger partial charge on any atom is -0.348 e. The van der Waals surface area contributed by atoms with E-state index in [9.17, 15) is 9.59 Å². The number of anilines is 1. The summed E-state index contributed by atoms with van der Waals surface area (Å²) in [5.74, 6) is 2.22. The lowest BCUT2D eigenvalue weighted by molar-refractivity contribution is 0.0928. The van der Waals surface area contributed by atoms with Crippen molar-refractivity contribution in [3.05, 3.63) is 47.7 Å². The quantitative estimate of drug-likeness (QED) is 0.892. The number of hydrogen-bond acceptors (Lipinski definition) is 4. The van der Waals surface area contributed by atoms with Crippen LogP contribution in [0.5, 0.6) is 0 Å². The molecule has 2 heterocycles. The van der Waals surface area contributed by atoms with E-state index < -0.39 is 0 Å². The zero-order chi connectivity index (χ0) is 16.9. The Morgan fingerprint density at radius 1 is 1.17 bits per heavy atom.